The van der Waals surface area contributed by atoms with Crippen LogP contribution >= 0.6 is 0 Å². The second-order valence-corrected chi connectivity index (χ2v) is 5.69. The molecule has 0 atom stereocenters. The lowest BCUT2D eigenvalue weighted by Gasteiger charge is -2.10. The van der Waals surface area contributed by atoms with Crippen molar-refractivity contribution in [2.24, 2.45) is 0 Å². The molecule has 1 aromatic carbocycles. The lowest BCUT2D eigenvalue weighted by atomic mass is 9.95. The molecule has 0 aliphatic carbocycles. The summed E-state index contributed by atoms with van der Waals surface area (Å²) in [7, 11) is 0. The van der Waals surface area contributed by atoms with Gasteiger partial charge in [-0.3, -0.25) is 10.2 Å². The van der Waals surface area contributed by atoms with Crippen LogP contribution in [-0.4, -0.2) is 18.6 Å². The van der Waals surface area contributed by atoms with Gasteiger partial charge in [0.15, 0.2) is 0 Å². The molecule has 23 heavy (non-hydrogen) atoms. The Morgan fingerprint density at radius 1 is 1.26 bits per heavy atom. The number of ether oxygens (including phenoxy) is 1. The van der Waals surface area contributed by atoms with Crippen LogP contribution in [0.25, 0.3) is 11.0 Å². The lowest BCUT2D eigenvalue weighted by Crippen LogP contribution is -2.42. The van der Waals surface area contributed by atoms with Crippen molar-refractivity contribution in [2.45, 2.75) is 40.0 Å². The highest BCUT2D eigenvalue weighted by atomic mass is 16.5. The predicted molar refractivity (Wildman–Crippen MR) is 87.0 cm³/mol. The van der Waals surface area contributed by atoms with Crippen molar-refractivity contribution in [3.8, 4) is 0 Å². The van der Waals surface area contributed by atoms with Gasteiger partial charge in [-0.1, -0.05) is 13.8 Å². The molecule has 0 unspecified atom stereocenters. The lowest BCUT2D eigenvalue weighted by molar-refractivity contribution is -0.121. The third-order valence-corrected chi connectivity index (χ3v) is 3.59. The van der Waals surface area contributed by atoms with Crippen molar-refractivity contribution < 1.29 is 18.7 Å². The van der Waals surface area contributed by atoms with Gasteiger partial charge in [0.2, 0.25) is 5.91 Å². The summed E-state index contributed by atoms with van der Waals surface area (Å²) in [6.45, 7) is 8.24. The van der Waals surface area contributed by atoms with Crippen LogP contribution in [0.15, 0.2) is 22.8 Å². The van der Waals surface area contributed by atoms with Crippen LogP contribution in [0.5, 0.6) is 0 Å². The minimum Gasteiger partial charge on any atom is -0.464 e. The van der Waals surface area contributed by atoms with Crippen LogP contribution in [0.4, 0.5) is 4.79 Å². The first-order valence-electron chi connectivity index (χ1n) is 7.64. The average molecular weight is 318 g/mol. The Labute approximate surface area is 135 Å². The summed E-state index contributed by atoms with van der Waals surface area (Å²) in [5.41, 5.74) is 8.44. The second kappa shape index (κ2) is 7.17. The van der Waals surface area contributed by atoms with Gasteiger partial charge in [0.25, 0.3) is 0 Å². The number of hydrazine groups is 1. The van der Waals surface area contributed by atoms with Crippen molar-refractivity contribution in [3.05, 3.63) is 35.1 Å². The van der Waals surface area contributed by atoms with E-state index >= 15 is 0 Å². The van der Waals surface area contributed by atoms with Gasteiger partial charge in [0.05, 0.1) is 19.3 Å². The minimum atomic E-state index is -0.685. The van der Waals surface area contributed by atoms with E-state index in [0.29, 0.717) is 5.92 Å². The molecule has 0 saturated carbocycles. The van der Waals surface area contributed by atoms with E-state index in [2.05, 4.69) is 35.5 Å². The summed E-state index contributed by atoms with van der Waals surface area (Å²) in [6, 6.07) is 4.06. The van der Waals surface area contributed by atoms with Gasteiger partial charge in [-0.15, -0.1) is 0 Å². The van der Waals surface area contributed by atoms with Crippen molar-refractivity contribution in [1.82, 2.24) is 10.9 Å². The molecule has 0 saturated heterocycles. The molecule has 1 heterocycles. The van der Waals surface area contributed by atoms with E-state index in [9.17, 15) is 9.59 Å². The van der Waals surface area contributed by atoms with Gasteiger partial charge >= 0.3 is 6.09 Å². The van der Waals surface area contributed by atoms with Crippen molar-refractivity contribution >= 4 is 23.0 Å². The smallest absolute Gasteiger partial charge is 0.426 e. The summed E-state index contributed by atoms with van der Waals surface area (Å²) in [5, 5.41) is 0.922. The number of hydrogen-bond donors (Lipinski definition) is 2. The van der Waals surface area contributed by atoms with E-state index in [1.165, 1.54) is 11.1 Å². The Balaban J connectivity index is 2.12. The number of benzene rings is 1. The first kappa shape index (κ1) is 16.9. The number of rotatable bonds is 4. The molecule has 0 aliphatic rings. The summed E-state index contributed by atoms with van der Waals surface area (Å²) in [4.78, 5) is 23.1. The summed E-state index contributed by atoms with van der Waals surface area (Å²) >= 11 is 0. The zero-order valence-corrected chi connectivity index (χ0v) is 13.9. The topological polar surface area (TPSA) is 80.6 Å². The SMILES string of the molecule is CCOC(=O)NNC(=O)Cc1coc2cc(C)c(C(C)C)cc12. The van der Waals surface area contributed by atoms with Crippen LogP contribution < -0.4 is 10.9 Å². The maximum atomic E-state index is 11.9. The fourth-order valence-corrected chi connectivity index (χ4v) is 2.51. The first-order valence-corrected chi connectivity index (χ1v) is 7.64. The molecule has 0 aliphatic heterocycles. The molecule has 6 nitrogen and oxygen atoms in total. The molecule has 1 aromatic heterocycles. The molecular formula is C17H22N2O4. The monoisotopic (exact) mass is 318 g/mol. The Morgan fingerprint density at radius 3 is 2.65 bits per heavy atom. The highest BCUT2D eigenvalue weighted by Gasteiger charge is 2.14. The number of aryl methyl sites for hydroxylation is 1. The Bertz CT molecular complexity index is 719. The zero-order valence-electron chi connectivity index (χ0n) is 13.9. The van der Waals surface area contributed by atoms with Gasteiger partial charge in [-0.2, -0.15) is 0 Å². The maximum Gasteiger partial charge on any atom is 0.426 e. The number of carbonyl (C=O) groups is 2. The maximum absolute atomic E-state index is 11.9. The van der Waals surface area contributed by atoms with Crippen LogP contribution in [0.3, 0.4) is 0 Å². The van der Waals surface area contributed by atoms with E-state index in [0.717, 1.165) is 16.5 Å². The molecule has 0 fully saturated rings. The normalized spacial score (nSPS) is 10.8. The van der Waals surface area contributed by atoms with E-state index < -0.39 is 6.09 Å². The van der Waals surface area contributed by atoms with Crippen LogP contribution in [0.1, 0.15) is 43.4 Å². The highest BCUT2D eigenvalue weighted by molar-refractivity contribution is 5.89. The molecule has 0 radical (unpaired) electrons. The minimum absolute atomic E-state index is 0.111. The number of hydrogen-bond acceptors (Lipinski definition) is 4. The molecule has 0 spiro atoms. The average Bonchev–Trinajstić information content (AvgIpc) is 2.86. The van der Waals surface area contributed by atoms with E-state index in [4.69, 9.17) is 4.42 Å². The first-order chi connectivity index (χ1) is 10.9. The van der Waals surface area contributed by atoms with Crippen molar-refractivity contribution in [1.29, 1.82) is 0 Å². The van der Waals surface area contributed by atoms with E-state index in [1.54, 1.807) is 13.2 Å². The van der Waals surface area contributed by atoms with Gasteiger partial charge in [-0.25, -0.2) is 10.2 Å². The van der Waals surface area contributed by atoms with Crippen molar-refractivity contribution in [3.63, 3.8) is 0 Å². The van der Waals surface area contributed by atoms with Gasteiger partial charge in [0, 0.05) is 10.9 Å². The van der Waals surface area contributed by atoms with Gasteiger partial charge in [0.1, 0.15) is 5.58 Å². The molecular weight excluding hydrogens is 296 g/mol. The fourth-order valence-electron chi connectivity index (χ4n) is 2.51. The van der Waals surface area contributed by atoms with Gasteiger partial charge in [-0.05, 0) is 43.0 Å². The molecule has 0 bridgehead atoms. The van der Waals surface area contributed by atoms with E-state index in [-0.39, 0.29) is 18.9 Å². The Morgan fingerprint density at radius 2 is 2.00 bits per heavy atom. The molecule has 2 rings (SSSR count). The Kier molecular flexibility index (Phi) is 5.26. The molecule has 2 amide bonds. The van der Waals surface area contributed by atoms with E-state index in [1.807, 2.05) is 13.0 Å². The van der Waals surface area contributed by atoms with Crippen LogP contribution in [0.2, 0.25) is 0 Å². The number of furan rings is 1. The number of nitrogens with one attached hydrogen (secondary N) is 2. The largest absolute Gasteiger partial charge is 0.464 e. The van der Waals surface area contributed by atoms with Crippen LogP contribution in [0, 0.1) is 6.92 Å². The predicted octanol–water partition coefficient (Wildman–Crippen LogP) is 3.18. The molecule has 6 heteroatoms. The third kappa shape index (κ3) is 4.03. The third-order valence-electron chi connectivity index (χ3n) is 3.59. The van der Waals surface area contributed by atoms with Crippen molar-refractivity contribution in [2.75, 3.05) is 6.61 Å². The molecule has 2 N–H and O–H groups in total. The van der Waals surface area contributed by atoms with Crippen LogP contribution in [-0.2, 0) is 16.0 Å². The number of carbonyl (C=O) groups excluding carboxylic acids is 2. The quantitative estimate of drug-likeness (QED) is 0.848. The summed E-state index contributed by atoms with van der Waals surface area (Å²) in [5.74, 6) is 0.0499. The zero-order chi connectivity index (χ0) is 17.0. The Hall–Kier alpha value is -2.50. The summed E-state index contributed by atoms with van der Waals surface area (Å²) < 4.78 is 10.2. The second-order valence-electron chi connectivity index (χ2n) is 5.69. The summed E-state index contributed by atoms with van der Waals surface area (Å²) in [6.07, 6.45) is 1.01. The highest BCUT2D eigenvalue weighted by Crippen LogP contribution is 2.29. The number of amides is 2. The fraction of sp³-hybridized carbons (Fsp3) is 0.412. The van der Waals surface area contributed by atoms with Gasteiger partial charge < -0.3 is 9.15 Å². The molecule has 2 aromatic rings. The standard InChI is InChI=1S/C17H22N2O4/c1-5-22-17(21)19-18-16(20)7-12-9-23-15-6-11(4)13(10(2)3)8-14(12)15/h6,8-10H,5,7H2,1-4H3,(H,18,20)(H,19,21). The molecule has 124 valence electrons. The number of fused-ring (bicyclic) bond motifs is 1.